The number of nitrogens with one attached hydrogen (secondary N) is 1. The van der Waals surface area contributed by atoms with Crippen molar-refractivity contribution in [3.8, 4) is 5.69 Å². The number of nitrogens with zero attached hydrogens (tertiary/aromatic N) is 3. The first-order valence-electron chi connectivity index (χ1n) is 8.66. The highest BCUT2D eigenvalue weighted by atomic mass is 32.2. The SMILES string of the molecule is Cc1ccc(-n2ccnc2SCc2nc3sc(C)c(C)c3c(=O)[nH]2)c(C)c1. The molecule has 0 fully saturated rings. The third-order valence-electron chi connectivity index (χ3n) is 4.64. The fourth-order valence-electron chi connectivity index (χ4n) is 3.16. The number of aromatic amines is 1. The third kappa shape index (κ3) is 3.33. The average molecular weight is 397 g/mol. The highest BCUT2D eigenvalue weighted by Gasteiger charge is 2.13. The molecule has 3 heterocycles. The van der Waals surface area contributed by atoms with Gasteiger partial charge in [0.1, 0.15) is 10.7 Å². The first-order valence-corrected chi connectivity index (χ1v) is 10.5. The highest BCUT2D eigenvalue weighted by molar-refractivity contribution is 7.98. The molecule has 0 saturated carbocycles. The molecule has 0 saturated heterocycles. The van der Waals surface area contributed by atoms with Crippen LogP contribution in [0.1, 0.15) is 27.4 Å². The molecule has 0 unspecified atom stereocenters. The molecule has 1 N–H and O–H groups in total. The van der Waals surface area contributed by atoms with Crippen molar-refractivity contribution in [2.75, 3.05) is 0 Å². The number of imidazole rings is 1. The summed E-state index contributed by atoms with van der Waals surface area (Å²) in [4.78, 5) is 26.4. The van der Waals surface area contributed by atoms with Crippen molar-refractivity contribution in [2.24, 2.45) is 0 Å². The molecule has 0 amide bonds. The number of H-pyrrole nitrogens is 1. The van der Waals surface area contributed by atoms with E-state index in [0.717, 1.165) is 26.1 Å². The van der Waals surface area contributed by atoms with Crippen molar-refractivity contribution in [2.45, 2.75) is 38.6 Å². The molecule has 4 rings (SSSR count). The van der Waals surface area contributed by atoms with E-state index in [0.29, 0.717) is 17.0 Å². The van der Waals surface area contributed by atoms with Gasteiger partial charge in [0.15, 0.2) is 5.16 Å². The van der Waals surface area contributed by atoms with Crippen LogP contribution in [-0.4, -0.2) is 19.5 Å². The quantitative estimate of drug-likeness (QED) is 0.508. The number of aromatic nitrogens is 4. The normalized spacial score (nSPS) is 11.4. The van der Waals surface area contributed by atoms with Gasteiger partial charge in [0.05, 0.1) is 16.8 Å². The Morgan fingerprint density at radius 2 is 2.04 bits per heavy atom. The predicted octanol–water partition coefficient (Wildman–Crippen LogP) is 4.70. The molecule has 0 aliphatic rings. The first-order chi connectivity index (χ1) is 12.9. The first kappa shape index (κ1) is 18.0. The second-order valence-electron chi connectivity index (χ2n) is 6.63. The van der Waals surface area contributed by atoms with Gasteiger partial charge in [0.25, 0.3) is 5.56 Å². The molecule has 3 aromatic heterocycles. The van der Waals surface area contributed by atoms with E-state index in [9.17, 15) is 4.79 Å². The zero-order chi connectivity index (χ0) is 19.1. The van der Waals surface area contributed by atoms with Crippen molar-refractivity contribution >= 4 is 33.3 Å². The molecule has 5 nitrogen and oxygen atoms in total. The number of thiophene rings is 1. The molecular weight excluding hydrogens is 376 g/mol. The van der Waals surface area contributed by atoms with Gasteiger partial charge in [-0.05, 0) is 44.9 Å². The van der Waals surface area contributed by atoms with Gasteiger partial charge in [-0.1, -0.05) is 29.5 Å². The summed E-state index contributed by atoms with van der Waals surface area (Å²) in [5, 5.41) is 1.59. The molecule has 7 heteroatoms. The van der Waals surface area contributed by atoms with Crippen LogP contribution in [0.15, 0.2) is 40.5 Å². The van der Waals surface area contributed by atoms with E-state index < -0.39 is 0 Å². The molecular formula is C20H20N4OS2. The second-order valence-corrected chi connectivity index (χ2v) is 8.78. The summed E-state index contributed by atoms with van der Waals surface area (Å²) in [5.74, 6) is 1.23. The Morgan fingerprint density at radius 1 is 1.22 bits per heavy atom. The van der Waals surface area contributed by atoms with Gasteiger partial charge in [-0.15, -0.1) is 11.3 Å². The number of fused-ring (bicyclic) bond motifs is 1. The van der Waals surface area contributed by atoms with Gasteiger partial charge in [-0.3, -0.25) is 9.36 Å². The lowest BCUT2D eigenvalue weighted by Gasteiger charge is -2.11. The van der Waals surface area contributed by atoms with Gasteiger partial charge in [0.2, 0.25) is 0 Å². The van der Waals surface area contributed by atoms with Gasteiger partial charge in [-0.2, -0.15) is 0 Å². The molecule has 138 valence electrons. The van der Waals surface area contributed by atoms with Crippen molar-refractivity contribution in [3.63, 3.8) is 0 Å². The molecule has 0 atom stereocenters. The van der Waals surface area contributed by atoms with Crippen LogP contribution < -0.4 is 5.56 Å². The standard InChI is InChI=1S/C20H20N4OS2/c1-11-5-6-15(12(2)9-11)24-8-7-21-20(24)26-10-16-22-18(25)17-13(3)14(4)27-19(17)23-16/h5-9H,10H2,1-4H3,(H,22,23,25). The summed E-state index contributed by atoms with van der Waals surface area (Å²) in [7, 11) is 0. The molecule has 4 aromatic rings. The molecule has 0 aliphatic carbocycles. The summed E-state index contributed by atoms with van der Waals surface area (Å²) in [6.45, 7) is 8.19. The Morgan fingerprint density at radius 3 is 2.81 bits per heavy atom. The number of hydrogen-bond acceptors (Lipinski definition) is 5. The molecule has 0 aliphatic heterocycles. The van der Waals surface area contributed by atoms with Crippen LogP contribution in [0.2, 0.25) is 0 Å². The number of thioether (sulfide) groups is 1. The topological polar surface area (TPSA) is 63.6 Å². The maximum absolute atomic E-state index is 12.4. The van der Waals surface area contributed by atoms with E-state index in [1.807, 2.05) is 20.0 Å². The summed E-state index contributed by atoms with van der Waals surface area (Å²) in [6.07, 6.45) is 3.76. The Kier molecular flexibility index (Phi) is 4.65. The Labute approximate surface area is 165 Å². The van der Waals surface area contributed by atoms with Crippen LogP contribution in [0.25, 0.3) is 15.9 Å². The predicted molar refractivity (Wildman–Crippen MR) is 112 cm³/mol. The number of benzene rings is 1. The lowest BCUT2D eigenvalue weighted by Crippen LogP contribution is -2.11. The van der Waals surface area contributed by atoms with Gasteiger partial charge in [-0.25, -0.2) is 9.97 Å². The van der Waals surface area contributed by atoms with E-state index in [1.165, 1.54) is 11.1 Å². The molecule has 0 radical (unpaired) electrons. The number of rotatable bonds is 4. The summed E-state index contributed by atoms with van der Waals surface area (Å²) in [6, 6.07) is 6.38. The van der Waals surface area contributed by atoms with Crippen molar-refractivity contribution in [1.82, 2.24) is 19.5 Å². The number of hydrogen-bond donors (Lipinski definition) is 1. The highest BCUT2D eigenvalue weighted by Crippen LogP contribution is 2.28. The zero-order valence-corrected chi connectivity index (χ0v) is 17.3. The molecule has 1 aromatic carbocycles. The fraction of sp³-hybridized carbons (Fsp3) is 0.250. The lowest BCUT2D eigenvalue weighted by molar-refractivity contribution is 0.884. The minimum atomic E-state index is -0.0600. The Balaban J connectivity index is 1.63. The van der Waals surface area contributed by atoms with Crippen molar-refractivity contribution < 1.29 is 0 Å². The van der Waals surface area contributed by atoms with Crippen LogP contribution in [0.5, 0.6) is 0 Å². The van der Waals surface area contributed by atoms with Crippen LogP contribution in [0.4, 0.5) is 0 Å². The molecule has 0 spiro atoms. The average Bonchev–Trinajstić information content (AvgIpc) is 3.18. The van der Waals surface area contributed by atoms with E-state index in [1.54, 1.807) is 29.3 Å². The maximum atomic E-state index is 12.4. The maximum Gasteiger partial charge on any atom is 0.259 e. The Hall–Kier alpha value is -2.38. The monoisotopic (exact) mass is 396 g/mol. The fourth-order valence-corrected chi connectivity index (χ4v) is 5.04. The van der Waals surface area contributed by atoms with Crippen LogP contribution in [0.3, 0.4) is 0 Å². The van der Waals surface area contributed by atoms with Crippen molar-refractivity contribution in [3.05, 3.63) is 68.3 Å². The van der Waals surface area contributed by atoms with E-state index >= 15 is 0 Å². The van der Waals surface area contributed by atoms with Gasteiger partial charge in [0, 0.05) is 17.3 Å². The molecule has 0 bridgehead atoms. The number of aryl methyl sites for hydroxylation is 4. The Bertz CT molecular complexity index is 1200. The summed E-state index contributed by atoms with van der Waals surface area (Å²) < 4.78 is 2.08. The summed E-state index contributed by atoms with van der Waals surface area (Å²) >= 11 is 3.14. The van der Waals surface area contributed by atoms with Crippen LogP contribution in [-0.2, 0) is 5.75 Å². The van der Waals surface area contributed by atoms with Crippen LogP contribution in [0, 0.1) is 27.7 Å². The largest absolute Gasteiger partial charge is 0.309 e. The van der Waals surface area contributed by atoms with E-state index in [4.69, 9.17) is 0 Å². The molecule has 27 heavy (non-hydrogen) atoms. The van der Waals surface area contributed by atoms with Crippen LogP contribution >= 0.6 is 23.1 Å². The summed E-state index contributed by atoms with van der Waals surface area (Å²) in [5.41, 5.74) is 4.51. The third-order valence-corrected chi connectivity index (χ3v) is 6.72. The van der Waals surface area contributed by atoms with E-state index in [-0.39, 0.29) is 5.56 Å². The lowest BCUT2D eigenvalue weighted by atomic mass is 10.1. The zero-order valence-electron chi connectivity index (χ0n) is 15.7. The van der Waals surface area contributed by atoms with E-state index in [2.05, 4.69) is 51.6 Å². The van der Waals surface area contributed by atoms with Gasteiger partial charge >= 0.3 is 0 Å². The van der Waals surface area contributed by atoms with Gasteiger partial charge < -0.3 is 4.98 Å². The van der Waals surface area contributed by atoms with Crippen molar-refractivity contribution in [1.29, 1.82) is 0 Å². The minimum Gasteiger partial charge on any atom is -0.309 e. The second kappa shape index (κ2) is 6.98. The minimum absolute atomic E-state index is 0.0600. The smallest absolute Gasteiger partial charge is 0.259 e.